The summed E-state index contributed by atoms with van der Waals surface area (Å²) >= 11 is 0. The largest absolute Gasteiger partial charge is 0.403 e. The van der Waals surface area contributed by atoms with Crippen molar-refractivity contribution in [3.63, 3.8) is 0 Å². The van der Waals surface area contributed by atoms with Crippen molar-refractivity contribution in [2.24, 2.45) is 16.5 Å². The molecule has 1 saturated heterocycles. The second-order valence-corrected chi connectivity index (χ2v) is 8.29. The normalized spacial score (nSPS) is 22.0. The Morgan fingerprint density at radius 2 is 2.07 bits per heavy atom. The molecule has 0 aromatic carbocycles. The Balaban J connectivity index is 1.62. The molecule has 0 spiro atoms. The van der Waals surface area contributed by atoms with E-state index >= 15 is 0 Å². The van der Waals surface area contributed by atoms with Crippen LogP contribution in [-0.2, 0) is 6.42 Å². The third kappa shape index (κ3) is 3.80. The summed E-state index contributed by atoms with van der Waals surface area (Å²) in [5, 5.41) is 4.41. The maximum absolute atomic E-state index is 12.6. The Morgan fingerprint density at radius 3 is 2.74 bits per heavy atom. The van der Waals surface area contributed by atoms with Crippen molar-refractivity contribution in [2.45, 2.75) is 39.5 Å². The van der Waals surface area contributed by atoms with Crippen LogP contribution in [0, 0.1) is 11.3 Å². The molecule has 4 rings (SSSR count). The summed E-state index contributed by atoms with van der Waals surface area (Å²) in [4.78, 5) is 38.8. The quantitative estimate of drug-likeness (QED) is 0.823. The van der Waals surface area contributed by atoms with Crippen LogP contribution in [0.15, 0.2) is 25.2 Å². The van der Waals surface area contributed by atoms with E-state index in [0.29, 0.717) is 23.3 Å². The molecule has 8 nitrogen and oxygen atoms in total. The lowest BCUT2D eigenvalue weighted by atomic mass is 10.0. The number of rotatable bonds is 4. The average Bonchev–Trinajstić information content (AvgIpc) is 3.19. The SMILES string of the molecule is CN1CCC(=NOc2nc3oc(=O)cc(CC4CC4(C)C)c3c(=O)[nH]2)CC1. The molecule has 0 amide bonds. The van der Waals surface area contributed by atoms with E-state index in [9.17, 15) is 9.59 Å². The molecule has 0 bridgehead atoms. The first-order chi connectivity index (χ1) is 12.8. The minimum Gasteiger partial charge on any atom is -0.403 e. The molecular weight excluding hydrogens is 348 g/mol. The lowest BCUT2D eigenvalue weighted by Gasteiger charge is -2.22. The second kappa shape index (κ2) is 6.60. The first-order valence-corrected chi connectivity index (χ1v) is 9.30. The third-order valence-electron chi connectivity index (χ3n) is 5.68. The topological polar surface area (TPSA) is 101 Å². The highest BCUT2D eigenvalue weighted by Crippen LogP contribution is 2.53. The third-order valence-corrected chi connectivity index (χ3v) is 5.68. The van der Waals surface area contributed by atoms with Gasteiger partial charge in [-0.2, -0.15) is 4.98 Å². The highest BCUT2D eigenvalue weighted by atomic mass is 16.6. The number of aromatic nitrogens is 2. The zero-order chi connectivity index (χ0) is 19.2. The van der Waals surface area contributed by atoms with Gasteiger partial charge in [-0.25, -0.2) is 4.79 Å². The molecular formula is C19H24N4O4. The number of nitrogens with one attached hydrogen (secondary N) is 1. The molecule has 0 radical (unpaired) electrons. The maximum Gasteiger partial charge on any atom is 0.337 e. The van der Waals surface area contributed by atoms with Gasteiger partial charge in [0.1, 0.15) is 5.39 Å². The number of aromatic amines is 1. The van der Waals surface area contributed by atoms with Gasteiger partial charge in [0.05, 0.1) is 5.71 Å². The van der Waals surface area contributed by atoms with Gasteiger partial charge >= 0.3 is 11.6 Å². The van der Waals surface area contributed by atoms with E-state index in [4.69, 9.17) is 9.25 Å². The Labute approximate surface area is 156 Å². The Bertz CT molecular complexity index is 1010. The summed E-state index contributed by atoms with van der Waals surface area (Å²) in [7, 11) is 2.06. The van der Waals surface area contributed by atoms with Crippen molar-refractivity contribution in [1.29, 1.82) is 0 Å². The highest BCUT2D eigenvalue weighted by Gasteiger charge is 2.45. The Morgan fingerprint density at radius 1 is 1.37 bits per heavy atom. The zero-order valence-corrected chi connectivity index (χ0v) is 15.9. The van der Waals surface area contributed by atoms with Crippen LogP contribution in [0.25, 0.3) is 11.1 Å². The maximum atomic E-state index is 12.6. The van der Waals surface area contributed by atoms with Crippen LogP contribution >= 0.6 is 0 Å². The van der Waals surface area contributed by atoms with E-state index in [2.05, 4.69) is 40.9 Å². The number of hydrogen-bond acceptors (Lipinski definition) is 7. The van der Waals surface area contributed by atoms with Crippen LogP contribution in [0.4, 0.5) is 0 Å². The van der Waals surface area contributed by atoms with E-state index in [-0.39, 0.29) is 22.7 Å². The predicted molar refractivity (Wildman–Crippen MR) is 101 cm³/mol. The van der Waals surface area contributed by atoms with Crippen molar-refractivity contribution < 1.29 is 9.25 Å². The number of piperidine rings is 1. The lowest BCUT2D eigenvalue weighted by Crippen LogP contribution is -2.30. The van der Waals surface area contributed by atoms with E-state index in [0.717, 1.165) is 38.1 Å². The first-order valence-electron chi connectivity index (χ1n) is 9.30. The van der Waals surface area contributed by atoms with Gasteiger partial charge < -0.3 is 14.2 Å². The predicted octanol–water partition coefficient (Wildman–Crippen LogP) is 1.93. The number of likely N-dealkylation sites (tertiary alicyclic amines) is 1. The molecule has 1 atom stereocenters. The van der Waals surface area contributed by atoms with E-state index in [1.54, 1.807) is 0 Å². The van der Waals surface area contributed by atoms with Crippen molar-refractivity contribution in [3.05, 3.63) is 32.4 Å². The molecule has 144 valence electrons. The van der Waals surface area contributed by atoms with Crippen LogP contribution < -0.4 is 16.0 Å². The first kappa shape index (κ1) is 17.9. The molecule has 1 unspecified atom stereocenters. The molecule has 2 fully saturated rings. The smallest absolute Gasteiger partial charge is 0.337 e. The van der Waals surface area contributed by atoms with Gasteiger partial charge in [-0.1, -0.05) is 19.0 Å². The Hall–Kier alpha value is -2.48. The van der Waals surface area contributed by atoms with Crippen LogP contribution in [0.3, 0.4) is 0 Å². The summed E-state index contributed by atoms with van der Waals surface area (Å²) < 4.78 is 5.16. The summed E-state index contributed by atoms with van der Waals surface area (Å²) in [6, 6.07) is 1.33. The van der Waals surface area contributed by atoms with Crippen molar-refractivity contribution in [3.8, 4) is 6.01 Å². The van der Waals surface area contributed by atoms with Gasteiger partial charge in [0.2, 0.25) is 5.71 Å². The molecule has 1 aliphatic carbocycles. The zero-order valence-electron chi connectivity index (χ0n) is 15.9. The lowest BCUT2D eigenvalue weighted by molar-refractivity contribution is 0.293. The van der Waals surface area contributed by atoms with E-state index in [1.807, 2.05) is 0 Å². The minimum atomic E-state index is -0.512. The van der Waals surface area contributed by atoms with E-state index < -0.39 is 5.63 Å². The van der Waals surface area contributed by atoms with Crippen LogP contribution in [-0.4, -0.2) is 40.7 Å². The standard InChI is InChI=1S/C19H24N4O4/c1-19(2)10-12(19)8-11-9-14(24)26-17-15(11)16(25)20-18(21-17)27-22-13-4-6-23(3)7-5-13/h9,12H,4-8,10H2,1-3H3,(H,20,21,25). The summed E-state index contributed by atoms with van der Waals surface area (Å²) in [6.45, 7) is 6.20. The average molecular weight is 372 g/mol. The molecule has 2 aromatic rings. The molecule has 27 heavy (non-hydrogen) atoms. The molecule has 1 aliphatic heterocycles. The van der Waals surface area contributed by atoms with Crippen LogP contribution in [0.2, 0.25) is 0 Å². The number of hydrogen-bond donors (Lipinski definition) is 1. The summed E-state index contributed by atoms with van der Waals surface area (Å²) in [5.74, 6) is 0.452. The fraction of sp³-hybridized carbons (Fsp3) is 0.579. The van der Waals surface area contributed by atoms with Gasteiger partial charge in [-0.05, 0) is 36.8 Å². The van der Waals surface area contributed by atoms with Crippen molar-refractivity contribution in [1.82, 2.24) is 14.9 Å². The molecule has 1 N–H and O–H groups in total. The molecule has 3 heterocycles. The number of fused-ring (bicyclic) bond motifs is 1. The van der Waals surface area contributed by atoms with Gasteiger partial charge in [0, 0.05) is 32.0 Å². The van der Waals surface area contributed by atoms with Crippen LogP contribution in [0.5, 0.6) is 6.01 Å². The number of nitrogens with zero attached hydrogens (tertiary/aromatic N) is 3. The van der Waals surface area contributed by atoms with Gasteiger partial charge in [-0.3, -0.25) is 9.78 Å². The van der Waals surface area contributed by atoms with Crippen LogP contribution in [0.1, 0.15) is 38.7 Å². The fourth-order valence-electron chi connectivity index (χ4n) is 3.60. The van der Waals surface area contributed by atoms with Gasteiger partial charge in [0.15, 0.2) is 0 Å². The molecule has 8 heteroatoms. The Kier molecular flexibility index (Phi) is 4.38. The second-order valence-electron chi connectivity index (χ2n) is 8.29. The van der Waals surface area contributed by atoms with Crippen molar-refractivity contribution >= 4 is 16.8 Å². The number of oxime groups is 1. The highest BCUT2D eigenvalue weighted by molar-refractivity contribution is 5.85. The van der Waals surface area contributed by atoms with Gasteiger partial charge in [0.25, 0.3) is 5.56 Å². The van der Waals surface area contributed by atoms with Crippen molar-refractivity contribution in [2.75, 3.05) is 20.1 Å². The molecule has 2 aliphatic rings. The summed E-state index contributed by atoms with van der Waals surface area (Å²) in [5.41, 5.74) is 0.951. The number of H-pyrrole nitrogens is 1. The molecule has 2 aromatic heterocycles. The monoisotopic (exact) mass is 372 g/mol. The fourth-order valence-corrected chi connectivity index (χ4v) is 3.60. The minimum absolute atomic E-state index is 0.00159. The van der Waals surface area contributed by atoms with E-state index in [1.165, 1.54) is 6.07 Å². The molecule has 1 saturated carbocycles. The summed E-state index contributed by atoms with van der Waals surface area (Å²) in [6.07, 6.45) is 3.36. The van der Waals surface area contributed by atoms with Gasteiger partial charge in [-0.15, -0.1) is 0 Å².